The van der Waals surface area contributed by atoms with E-state index >= 15 is 0 Å². The second-order valence-corrected chi connectivity index (χ2v) is 6.06. The van der Waals surface area contributed by atoms with E-state index in [0.29, 0.717) is 0 Å². The van der Waals surface area contributed by atoms with E-state index in [2.05, 4.69) is 4.74 Å². The molecule has 0 aliphatic rings. The highest BCUT2D eigenvalue weighted by Crippen LogP contribution is 2.62. The van der Waals surface area contributed by atoms with Gasteiger partial charge in [-0.25, -0.2) is 0 Å². The van der Waals surface area contributed by atoms with Gasteiger partial charge in [-0.05, 0) is 6.42 Å². The molecule has 1 nitrogen and oxygen atoms in total. The highest BCUT2D eigenvalue weighted by molar-refractivity contribution is 5.13. The van der Waals surface area contributed by atoms with Crippen LogP contribution in [0.1, 0.15) is 26.2 Å². The first-order chi connectivity index (χ1) is 13.3. The summed E-state index contributed by atoms with van der Waals surface area (Å²) in [6, 6.07) is 0. The van der Waals surface area contributed by atoms with E-state index in [9.17, 15) is 74.6 Å². The van der Waals surface area contributed by atoms with Crippen molar-refractivity contribution in [1.82, 2.24) is 0 Å². The summed E-state index contributed by atoms with van der Waals surface area (Å²) in [5, 5.41) is 0. The molecule has 0 aliphatic heterocycles. The van der Waals surface area contributed by atoms with Gasteiger partial charge in [0.15, 0.2) is 0 Å². The maximum Gasteiger partial charge on any atom is 0.426 e. The third-order valence-corrected chi connectivity index (χ3v) is 3.61. The van der Waals surface area contributed by atoms with E-state index in [1.165, 1.54) is 0 Å². The first-order valence-corrected chi connectivity index (χ1v) is 7.62. The first-order valence-electron chi connectivity index (χ1n) is 7.62. The molecule has 0 amide bonds. The molecule has 0 spiro atoms. The molecule has 0 aromatic heterocycles. The molecule has 31 heavy (non-hydrogen) atoms. The first kappa shape index (κ1) is 29.8. The van der Waals surface area contributed by atoms with Crippen molar-refractivity contribution in [3.63, 3.8) is 0 Å². The molecule has 0 N–H and O–H groups in total. The Bertz CT molecular complexity index is 606. The fourth-order valence-electron chi connectivity index (χ4n) is 1.78. The zero-order valence-electron chi connectivity index (χ0n) is 14.7. The minimum absolute atomic E-state index is 0.646. The molecular formula is C13H11F17O. The maximum absolute atomic E-state index is 13.4. The van der Waals surface area contributed by atoms with Crippen LogP contribution in [0.25, 0.3) is 0 Å². The van der Waals surface area contributed by atoms with Gasteiger partial charge in [0, 0.05) is 12.8 Å². The average molecular weight is 506 g/mol. The molecule has 0 unspecified atom stereocenters. The smallest absolute Gasteiger partial charge is 0.316 e. The lowest BCUT2D eigenvalue weighted by atomic mass is 9.89. The van der Waals surface area contributed by atoms with Crippen LogP contribution in [0.4, 0.5) is 74.6 Å². The van der Waals surface area contributed by atoms with Crippen molar-refractivity contribution >= 4 is 0 Å². The van der Waals surface area contributed by atoms with E-state index in [-0.39, 0.29) is 0 Å². The largest absolute Gasteiger partial charge is 0.426 e. The lowest BCUT2D eigenvalue weighted by Gasteiger charge is -2.42. The third kappa shape index (κ3) is 4.91. The van der Waals surface area contributed by atoms with Gasteiger partial charge in [0.25, 0.3) is 0 Å². The van der Waals surface area contributed by atoms with Crippen LogP contribution in [0, 0.1) is 0 Å². The Morgan fingerprint density at radius 3 is 1.19 bits per heavy atom. The standard InChI is InChI=1S/C13H11F17O/c1-2-5-31-13(29,30)12(27,28)11(25,26)10(23,24)9(21,22)8(19,20)6(14,15)3-4-7(16,17)18/h2-5H2,1H3. The summed E-state index contributed by atoms with van der Waals surface area (Å²) in [5.41, 5.74) is 0. The molecule has 188 valence electrons. The Kier molecular flexibility index (Phi) is 7.95. The fraction of sp³-hybridized carbons (Fsp3) is 1.00. The summed E-state index contributed by atoms with van der Waals surface area (Å²) in [6.45, 7) is -0.648. The molecule has 18 heteroatoms. The molecular weight excluding hydrogens is 495 g/mol. The molecule has 0 radical (unpaired) electrons. The molecule has 0 saturated carbocycles. The van der Waals surface area contributed by atoms with Crippen LogP contribution < -0.4 is 0 Å². The number of ether oxygens (including phenoxy) is 1. The molecule has 0 atom stereocenters. The number of hydrogen-bond acceptors (Lipinski definition) is 1. The van der Waals surface area contributed by atoms with E-state index < -0.39 is 73.7 Å². The van der Waals surface area contributed by atoms with Gasteiger partial charge in [0.05, 0.1) is 6.61 Å². The number of hydrogen-bond donors (Lipinski definition) is 0. The molecule has 0 saturated heterocycles. The van der Waals surface area contributed by atoms with Gasteiger partial charge in [-0.1, -0.05) is 6.92 Å². The van der Waals surface area contributed by atoms with Crippen LogP contribution in [0.15, 0.2) is 0 Å². The summed E-state index contributed by atoms with van der Waals surface area (Å²) in [4.78, 5) is 0. The summed E-state index contributed by atoms with van der Waals surface area (Å²) >= 11 is 0. The summed E-state index contributed by atoms with van der Waals surface area (Å²) in [7, 11) is 0. The minimum atomic E-state index is -8.34. The average Bonchev–Trinajstić information content (AvgIpc) is 2.56. The zero-order valence-corrected chi connectivity index (χ0v) is 14.7. The Labute approximate surface area is 161 Å². The molecule has 0 bridgehead atoms. The van der Waals surface area contributed by atoms with Crippen LogP contribution in [-0.2, 0) is 4.74 Å². The highest BCUT2D eigenvalue weighted by atomic mass is 19.4. The van der Waals surface area contributed by atoms with Crippen LogP contribution in [0.5, 0.6) is 0 Å². The van der Waals surface area contributed by atoms with Crippen molar-refractivity contribution < 1.29 is 79.4 Å². The second-order valence-electron chi connectivity index (χ2n) is 6.06. The molecule has 0 fully saturated rings. The summed E-state index contributed by atoms with van der Waals surface area (Å²) in [6.07, 6.45) is -19.4. The van der Waals surface area contributed by atoms with Crippen molar-refractivity contribution in [2.24, 2.45) is 0 Å². The van der Waals surface area contributed by atoms with Gasteiger partial charge in [-0.2, -0.15) is 74.6 Å². The van der Waals surface area contributed by atoms with Crippen LogP contribution in [-0.4, -0.2) is 54.4 Å². The lowest BCUT2D eigenvalue weighted by molar-refractivity contribution is -0.466. The Morgan fingerprint density at radius 2 is 0.839 bits per heavy atom. The second kappa shape index (κ2) is 8.28. The van der Waals surface area contributed by atoms with Crippen LogP contribution in [0.2, 0.25) is 0 Å². The fourth-order valence-corrected chi connectivity index (χ4v) is 1.78. The normalized spacial score (nSPS) is 16.1. The predicted octanol–water partition coefficient (Wildman–Crippen LogP) is 7.16. The molecule has 0 aliphatic carbocycles. The molecule has 0 rings (SSSR count). The van der Waals surface area contributed by atoms with E-state index in [1.807, 2.05) is 0 Å². The number of rotatable bonds is 11. The Morgan fingerprint density at radius 1 is 0.484 bits per heavy atom. The van der Waals surface area contributed by atoms with Gasteiger partial charge in [0.1, 0.15) is 0 Å². The SMILES string of the molecule is CCCOC(F)(F)C(F)(F)C(F)(F)C(F)(F)C(F)(F)C(F)(F)C(F)(F)CCC(F)(F)F. The van der Waals surface area contributed by atoms with Gasteiger partial charge < -0.3 is 4.74 Å². The van der Waals surface area contributed by atoms with Crippen molar-refractivity contribution in [2.75, 3.05) is 6.61 Å². The van der Waals surface area contributed by atoms with Crippen molar-refractivity contribution in [2.45, 2.75) is 74.0 Å². The van der Waals surface area contributed by atoms with Crippen molar-refractivity contribution in [3.05, 3.63) is 0 Å². The topological polar surface area (TPSA) is 9.23 Å². The van der Waals surface area contributed by atoms with Crippen LogP contribution in [0.3, 0.4) is 0 Å². The maximum atomic E-state index is 13.4. The number of alkyl halides is 17. The minimum Gasteiger partial charge on any atom is -0.316 e. The van der Waals surface area contributed by atoms with E-state index in [1.54, 1.807) is 0 Å². The van der Waals surface area contributed by atoms with Gasteiger partial charge in [-0.3, -0.25) is 0 Å². The number of halogens is 17. The zero-order chi connectivity index (χ0) is 25.5. The van der Waals surface area contributed by atoms with Gasteiger partial charge >= 0.3 is 47.8 Å². The monoisotopic (exact) mass is 506 g/mol. The Hall–Kier alpha value is -1.23. The van der Waals surface area contributed by atoms with Crippen molar-refractivity contribution in [3.8, 4) is 0 Å². The Balaban J connectivity index is 6.36. The highest BCUT2D eigenvalue weighted by Gasteiger charge is 2.93. The quantitative estimate of drug-likeness (QED) is 0.271. The molecule has 0 aromatic carbocycles. The predicted molar refractivity (Wildman–Crippen MR) is 66.2 cm³/mol. The molecule has 0 heterocycles. The van der Waals surface area contributed by atoms with Gasteiger partial charge in [-0.15, -0.1) is 0 Å². The lowest BCUT2D eigenvalue weighted by Crippen LogP contribution is -2.73. The van der Waals surface area contributed by atoms with E-state index in [4.69, 9.17) is 0 Å². The summed E-state index contributed by atoms with van der Waals surface area (Å²) in [5.74, 6) is -47.1. The van der Waals surface area contributed by atoms with E-state index in [0.717, 1.165) is 6.92 Å². The van der Waals surface area contributed by atoms with Gasteiger partial charge in [0.2, 0.25) is 0 Å². The van der Waals surface area contributed by atoms with Crippen LogP contribution >= 0.6 is 0 Å². The summed E-state index contributed by atoms with van der Waals surface area (Å²) < 4.78 is 225. The molecule has 0 aromatic rings. The van der Waals surface area contributed by atoms with Crippen molar-refractivity contribution in [1.29, 1.82) is 0 Å². The third-order valence-electron chi connectivity index (χ3n) is 3.61.